The Morgan fingerprint density at radius 1 is 1.55 bits per heavy atom. The van der Waals surface area contributed by atoms with Crippen molar-refractivity contribution in [2.75, 3.05) is 14.2 Å². The molecule has 0 aromatic heterocycles. The first kappa shape index (κ1) is 10.4. The molecule has 0 saturated heterocycles. The summed E-state index contributed by atoms with van der Waals surface area (Å²) in [6.45, 7) is 1.72. The van der Waals surface area contributed by atoms with E-state index in [1.165, 1.54) is 14.2 Å². The van der Waals surface area contributed by atoms with E-state index in [-0.39, 0.29) is 5.67 Å². The number of carboxylic acid groups (broad SMARTS) is 1. The van der Waals surface area contributed by atoms with Gasteiger partial charge in [0.1, 0.15) is 0 Å². The summed E-state index contributed by atoms with van der Waals surface area (Å²) >= 11 is 0. The summed E-state index contributed by atoms with van der Waals surface area (Å²) in [4.78, 5) is 10.1. The van der Waals surface area contributed by atoms with Crippen LogP contribution in [0.3, 0.4) is 0 Å². The number of amides is 1. The monoisotopic (exact) mass is 179 g/mol. The summed E-state index contributed by atoms with van der Waals surface area (Å²) in [5, 5.41) is 10.6. The van der Waals surface area contributed by atoms with Crippen LogP contribution in [-0.4, -0.2) is 40.4 Å². The molecule has 1 amide bonds. The molecule has 1 atom stereocenters. The van der Waals surface area contributed by atoms with Crippen molar-refractivity contribution in [2.24, 2.45) is 0 Å². The van der Waals surface area contributed by atoms with Gasteiger partial charge in [-0.3, -0.25) is 0 Å². The molecule has 0 aliphatic heterocycles. The van der Waals surface area contributed by atoms with Gasteiger partial charge in [0.05, 0.1) is 5.67 Å². The van der Waals surface area contributed by atoms with E-state index in [0.29, 0.717) is 0 Å². The third-order valence-electron chi connectivity index (χ3n) is 1.22. The lowest BCUT2D eigenvalue weighted by molar-refractivity contribution is 0.189. The van der Waals surface area contributed by atoms with E-state index in [4.69, 9.17) is 14.0 Å². The van der Waals surface area contributed by atoms with Crippen LogP contribution in [0.1, 0.15) is 6.92 Å². The highest BCUT2D eigenvalue weighted by molar-refractivity contribution is 6.46. The molecule has 0 aliphatic carbocycles. The molecule has 5 nitrogen and oxygen atoms in total. The highest BCUT2D eigenvalue weighted by Crippen LogP contribution is 1.92. The zero-order valence-corrected chi connectivity index (χ0v) is 7.98. The normalized spacial score (nSPS) is 13.1. The molecular formula is C5H13NO4Si. The number of hydrogen-bond donors (Lipinski definition) is 2. The Morgan fingerprint density at radius 3 is 2.27 bits per heavy atom. The van der Waals surface area contributed by atoms with Crippen molar-refractivity contribution in [3.05, 3.63) is 0 Å². The van der Waals surface area contributed by atoms with Crippen LogP contribution in [-0.2, 0) is 8.85 Å². The first-order chi connectivity index (χ1) is 5.11. The predicted molar refractivity (Wildman–Crippen MR) is 41.8 cm³/mol. The third kappa shape index (κ3) is 3.97. The zero-order chi connectivity index (χ0) is 8.85. The first-order valence-corrected chi connectivity index (χ1v) is 4.77. The SMILES string of the molecule is CO[SiH](OC)C(C)NC(=O)O. The van der Waals surface area contributed by atoms with E-state index in [1.54, 1.807) is 6.92 Å². The maximum absolute atomic E-state index is 10.1. The Balaban J connectivity index is 3.78. The van der Waals surface area contributed by atoms with Crippen LogP contribution in [0, 0.1) is 0 Å². The molecule has 1 unspecified atom stereocenters. The van der Waals surface area contributed by atoms with Gasteiger partial charge in [-0.15, -0.1) is 0 Å². The van der Waals surface area contributed by atoms with E-state index >= 15 is 0 Å². The van der Waals surface area contributed by atoms with Crippen molar-refractivity contribution in [3.63, 3.8) is 0 Å². The Hall–Kier alpha value is -0.593. The van der Waals surface area contributed by atoms with Gasteiger partial charge in [0.25, 0.3) is 0 Å². The lowest BCUT2D eigenvalue weighted by Gasteiger charge is -2.17. The smallest absolute Gasteiger partial charge is 0.404 e. The average Bonchev–Trinajstić information content (AvgIpc) is 1.88. The summed E-state index contributed by atoms with van der Waals surface area (Å²) in [6, 6.07) is 0. The van der Waals surface area contributed by atoms with Gasteiger partial charge < -0.3 is 19.3 Å². The van der Waals surface area contributed by atoms with Crippen LogP contribution in [0.25, 0.3) is 0 Å². The summed E-state index contributed by atoms with van der Waals surface area (Å²) < 4.78 is 9.91. The van der Waals surface area contributed by atoms with Crippen LogP contribution >= 0.6 is 0 Å². The van der Waals surface area contributed by atoms with Crippen molar-refractivity contribution in [3.8, 4) is 0 Å². The van der Waals surface area contributed by atoms with E-state index in [0.717, 1.165) is 0 Å². The van der Waals surface area contributed by atoms with Gasteiger partial charge in [-0.05, 0) is 6.92 Å². The van der Waals surface area contributed by atoms with Crippen molar-refractivity contribution >= 4 is 15.4 Å². The quantitative estimate of drug-likeness (QED) is 0.581. The van der Waals surface area contributed by atoms with Crippen LogP contribution in [0.4, 0.5) is 4.79 Å². The maximum atomic E-state index is 10.1. The number of hydrogen-bond acceptors (Lipinski definition) is 3. The summed E-state index contributed by atoms with van der Waals surface area (Å²) in [5.41, 5.74) is -0.234. The van der Waals surface area contributed by atoms with Crippen LogP contribution in [0.5, 0.6) is 0 Å². The molecule has 11 heavy (non-hydrogen) atoms. The molecule has 2 N–H and O–H groups in total. The Morgan fingerprint density at radius 2 is 2.00 bits per heavy atom. The summed E-state index contributed by atoms with van der Waals surface area (Å²) in [5.74, 6) is 0. The van der Waals surface area contributed by atoms with Gasteiger partial charge in [0, 0.05) is 14.2 Å². The summed E-state index contributed by atoms with van der Waals surface area (Å²) in [7, 11) is 1.19. The second-order valence-electron chi connectivity index (χ2n) is 2.08. The molecule has 0 rings (SSSR count). The maximum Gasteiger partial charge on any atom is 0.404 e. The predicted octanol–water partition coefficient (Wildman–Crippen LogP) is -0.305. The number of rotatable bonds is 4. The van der Waals surface area contributed by atoms with Crippen molar-refractivity contribution in [1.29, 1.82) is 0 Å². The zero-order valence-electron chi connectivity index (χ0n) is 6.83. The van der Waals surface area contributed by atoms with E-state index in [9.17, 15) is 4.79 Å². The lowest BCUT2D eigenvalue weighted by atomic mass is 10.7. The van der Waals surface area contributed by atoms with E-state index in [1.807, 2.05) is 0 Å². The fourth-order valence-corrected chi connectivity index (χ4v) is 2.05. The summed E-state index contributed by atoms with van der Waals surface area (Å²) in [6.07, 6.45) is -1.05. The Bertz CT molecular complexity index is 128. The van der Waals surface area contributed by atoms with Crippen LogP contribution in [0.15, 0.2) is 0 Å². The molecule has 66 valence electrons. The van der Waals surface area contributed by atoms with Crippen molar-refractivity contribution in [2.45, 2.75) is 12.6 Å². The molecule has 0 spiro atoms. The highest BCUT2D eigenvalue weighted by Gasteiger charge is 2.20. The van der Waals surface area contributed by atoms with E-state index < -0.39 is 15.4 Å². The van der Waals surface area contributed by atoms with Gasteiger partial charge >= 0.3 is 15.4 Å². The van der Waals surface area contributed by atoms with Gasteiger partial charge in [0.15, 0.2) is 0 Å². The van der Waals surface area contributed by atoms with Gasteiger partial charge in [-0.1, -0.05) is 0 Å². The second kappa shape index (κ2) is 5.11. The molecule has 0 aliphatic rings. The standard InChI is InChI=1S/C5H13NO4Si/c1-4(6-5(7)8)11(9-2)10-3/h4,6,11H,1-3H3,(H,7,8). The number of carbonyl (C=O) groups is 1. The van der Waals surface area contributed by atoms with Crippen LogP contribution < -0.4 is 5.32 Å². The van der Waals surface area contributed by atoms with Gasteiger partial charge in [-0.25, -0.2) is 4.79 Å². The van der Waals surface area contributed by atoms with E-state index in [2.05, 4.69) is 5.32 Å². The average molecular weight is 179 g/mol. The molecule has 0 fully saturated rings. The minimum atomic E-state index is -1.83. The Kier molecular flexibility index (Phi) is 4.83. The van der Waals surface area contributed by atoms with Crippen LogP contribution in [0.2, 0.25) is 0 Å². The topological polar surface area (TPSA) is 67.8 Å². The fraction of sp³-hybridized carbons (Fsp3) is 0.800. The minimum Gasteiger partial charge on any atom is -0.465 e. The van der Waals surface area contributed by atoms with Gasteiger partial charge in [0.2, 0.25) is 0 Å². The largest absolute Gasteiger partial charge is 0.465 e. The molecule has 0 radical (unpaired) electrons. The molecule has 0 aromatic carbocycles. The first-order valence-electron chi connectivity index (χ1n) is 3.16. The molecular weight excluding hydrogens is 166 g/mol. The second-order valence-corrected chi connectivity index (χ2v) is 4.76. The highest BCUT2D eigenvalue weighted by atomic mass is 28.3. The fourth-order valence-electron chi connectivity index (χ4n) is 0.767. The van der Waals surface area contributed by atoms with Crippen molar-refractivity contribution in [1.82, 2.24) is 5.32 Å². The molecule has 6 heteroatoms. The van der Waals surface area contributed by atoms with Gasteiger partial charge in [-0.2, -0.15) is 0 Å². The minimum absolute atomic E-state index is 0.234. The molecule has 0 heterocycles. The molecule has 0 bridgehead atoms. The Labute approximate surface area is 67.2 Å². The number of nitrogens with one attached hydrogen (secondary N) is 1. The lowest BCUT2D eigenvalue weighted by Crippen LogP contribution is -2.45. The third-order valence-corrected chi connectivity index (χ3v) is 3.14. The van der Waals surface area contributed by atoms with Crippen molar-refractivity contribution < 1.29 is 18.8 Å². The molecule has 0 aromatic rings. The molecule has 0 saturated carbocycles.